The van der Waals surface area contributed by atoms with Crippen molar-refractivity contribution in [2.75, 3.05) is 23.7 Å². The van der Waals surface area contributed by atoms with Gasteiger partial charge in [-0.1, -0.05) is 42.5 Å². The Kier molecular flexibility index (Phi) is 10.2. The van der Waals surface area contributed by atoms with Gasteiger partial charge in [-0.05, 0) is 98.7 Å². The predicted molar refractivity (Wildman–Crippen MR) is 190 cm³/mol. The number of pyridine rings is 2. The number of aryl methyl sites for hydroxylation is 2. The minimum Gasteiger partial charge on any atom is -0.330 e. The first-order chi connectivity index (χ1) is 23.8. The molecule has 2 saturated heterocycles. The molecule has 10 nitrogen and oxygen atoms in total. The lowest BCUT2D eigenvalue weighted by molar-refractivity contribution is -0.136. The molecule has 2 aliphatic heterocycles. The fraction of sp³-hybridized carbons (Fsp3) is 0.282. The van der Waals surface area contributed by atoms with Gasteiger partial charge in [0.1, 0.15) is 12.1 Å². The van der Waals surface area contributed by atoms with Crippen molar-refractivity contribution in [1.29, 1.82) is 0 Å². The molecular weight excluding hydrogens is 616 g/mol. The van der Waals surface area contributed by atoms with Crippen LogP contribution in [0.4, 0.5) is 11.4 Å². The van der Waals surface area contributed by atoms with E-state index in [0.29, 0.717) is 48.6 Å². The fourth-order valence-corrected chi connectivity index (χ4v) is 6.45. The van der Waals surface area contributed by atoms with Crippen LogP contribution in [-0.2, 0) is 20.8 Å². The van der Waals surface area contributed by atoms with Crippen LogP contribution in [-0.4, -0.2) is 68.6 Å². The highest BCUT2D eigenvalue weighted by molar-refractivity contribution is 6.02. The van der Waals surface area contributed by atoms with Crippen LogP contribution in [0.1, 0.15) is 64.1 Å². The molecule has 49 heavy (non-hydrogen) atoms. The number of nitrogens with one attached hydrogen (secondary N) is 2. The maximum atomic E-state index is 13.2. The lowest BCUT2D eigenvalue weighted by Gasteiger charge is -2.24. The summed E-state index contributed by atoms with van der Waals surface area (Å²) in [6, 6.07) is 21.3. The Morgan fingerprint density at radius 3 is 1.76 bits per heavy atom. The monoisotopic (exact) mass is 656 g/mol. The number of hydrogen-bond donors (Lipinski definition) is 2. The standard InChI is InChI=1S/C39H40N6O4/c1-26-30(7-3-21-40-26)25-36(46)44-23-5-9-34(44)37(47)42-31-17-13-28(14-18-31)11-12-29-15-19-32(20-16-29)43-38(48)35-10-6-24-45(35)39(49)33-8-4-22-41-27(33)2/h3-4,7-8,11-22,34-35H,5-6,9-10,23-25H2,1-2H3,(H,42,47)(H,43,48)/b12-11+. The van der Waals surface area contributed by atoms with Crippen LogP contribution in [0.15, 0.2) is 85.2 Å². The van der Waals surface area contributed by atoms with E-state index in [2.05, 4.69) is 20.6 Å². The van der Waals surface area contributed by atoms with Gasteiger partial charge in [-0.25, -0.2) is 0 Å². The second-order valence-corrected chi connectivity index (χ2v) is 12.5. The largest absolute Gasteiger partial charge is 0.330 e. The van der Waals surface area contributed by atoms with Crippen molar-refractivity contribution < 1.29 is 19.2 Å². The quantitative estimate of drug-likeness (QED) is 0.224. The van der Waals surface area contributed by atoms with Gasteiger partial charge in [0.05, 0.1) is 12.0 Å². The molecule has 2 atom stereocenters. The van der Waals surface area contributed by atoms with Crippen LogP contribution >= 0.6 is 0 Å². The van der Waals surface area contributed by atoms with Crippen LogP contribution in [0.2, 0.25) is 0 Å². The number of likely N-dealkylation sites (tertiary alicyclic amines) is 2. The van der Waals surface area contributed by atoms with Gasteiger partial charge in [0.25, 0.3) is 5.91 Å². The van der Waals surface area contributed by atoms with Crippen molar-refractivity contribution in [2.45, 2.75) is 58.0 Å². The summed E-state index contributed by atoms with van der Waals surface area (Å²) >= 11 is 0. The molecule has 4 heterocycles. The van der Waals surface area contributed by atoms with Gasteiger partial charge < -0.3 is 20.4 Å². The summed E-state index contributed by atoms with van der Waals surface area (Å²) in [5.74, 6) is -0.609. The number of carbonyl (C=O) groups excluding carboxylic acids is 4. The molecule has 0 spiro atoms. The smallest absolute Gasteiger partial charge is 0.256 e. The van der Waals surface area contributed by atoms with E-state index in [1.165, 1.54) is 0 Å². The van der Waals surface area contributed by atoms with Crippen LogP contribution in [0.25, 0.3) is 12.2 Å². The van der Waals surface area contributed by atoms with Crippen LogP contribution in [0.3, 0.4) is 0 Å². The highest BCUT2D eigenvalue weighted by Gasteiger charge is 2.36. The van der Waals surface area contributed by atoms with Crippen molar-refractivity contribution in [2.24, 2.45) is 0 Å². The first kappa shape index (κ1) is 33.3. The molecule has 250 valence electrons. The molecule has 2 N–H and O–H groups in total. The molecule has 2 aromatic carbocycles. The van der Waals surface area contributed by atoms with Crippen molar-refractivity contribution in [3.8, 4) is 0 Å². The van der Waals surface area contributed by atoms with Gasteiger partial charge in [-0.15, -0.1) is 0 Å². The van der Waals surface area contributed by atoms with Gasteiger partial charge in [-0.3, -0.25) is 29.1 Å². The van der Waals surface area contributed by atoms with E-state index in [1.54, 1.807) is 41.2 Å². The second kappa shape index (κ2) is 15.1. The number of rotatable bonds is 9. The summed E-state index contributed by atoms with van der Waals surface area (Å²) in [6.45, 7) is 4.79. The number of nitrogens with zero attached hydrogens (tertiary/aromatic N) is 4. The summed E-state index contributed by atoms with van der Waals surface area (Å²) in [6.07, 6.45) is 10.4. The number of hydrogen-bond acceptors (Lipinski definition) is 6. The average Bonchev–Trinajstić information content (AvgIpc) is 3.81. The highest BCUT2D eigenvalue weighted by atomic mass is 16.2. The molecule has 0 aliphatic carbocycles. The van der Waals surface area contributed by atoms with Crippen LogP contribution in [0.5, 0.6) is 0 Å². The van der Waals surface area contributed by atoms with Crippen molar-refractivity contribution in [1.82, 2.24) is 19.8 Å². The van der Waals surface area contributed by atoms with Gasteiger partial charge in [0.15, 0.2) is 0 Å². The Bertz CT molecular complexity index is 1870. The van der Waals surface area contributed by atoms with Crippen LogP contribution < -0.4 is 10.6 Å². The molecule has 2 aromatic heterocycles. The van der Waals surface area contributed by atoms with E-state index in [0.717, 1.165) is 35.2 Å². The Balaban J connectivity index is 1.00. The molecule has 0 saturated carbocycles. The number of benzene rings is 2. The van der Waals surface area contributed by atoms with Gasteiger partial charge >= 0.3 is 0 Å². The molecule has 10 heteroatoms. The third kappa shape index (κ3) is 7.92. The lowest BCUT2D eigenvalue weighted by Crippen LogP contribution is -2.43. The molecule has 0 bridgehead atoms. The Morgan fingerprint density at radius 2 is 1.20 bits per heavy atom. The van der Waals surface area contributed by atoms with E-state index in [1.807, 2.05) is 79.7 Å². The van der Waals surface area contributed by atoms with Crippen molar-refractivity contribution >= 4 is 47.2 Å². The number of aromatic nitrogens is 2. The Hall–Kier alpha value is -5.64. The number of amides is 4. The first-order valence-corrected chi connectivity index (χ1v) is 16.7. The molecular formula is C39H40N6O4. The SMILES string of the molecule is Cc1ncccc1CC(=O)N1CCCC1C(=O)Nc1ccc(/C=C/c2ccc(NC(=O)C3CCCN3C(=O)c3cccnc3C)cc2)cc1. The molecule has 2 fully saturated rings. The summed E-state index contributed by atoms with van der Waals surface area (Å²) in [5.41, 5.74) is 6.11. The third-order valence-electron chi connectivity index (χ3n) is 9.21. The predicted octanol–water partition coefficient (Wildman–Crippen LogP) is 5.68. The zero-order valence-corrected chi connectivity index (χ0v) is 27.8. The van der Waals surface area contributed by atoms with E-state index in [9.17, 15) is 19.2 Å². The fourth-order valence-electron chi connectivity index (χ4n) is 6.45. The lowest BCUT2D eigenvalue weighted by atomic mass is 10.1. The number of carbonyl (C=O) groups is 4. The van der Waals surface area contributed by atoms with Gasteiger partial charge in [0.2, 0.25) is 17.7 Å². The topological polar surface area (TPSA) is 125 Å². The molecule has 2 unspecified atom stereocenters. The van der Waals surface area contributed by atoms with Gasteiger partial charge in [-0.2, -0.15) is 0 Å². The van der Waals surface area contributed by atoms with E-state index < -0.39 is 12.1 Å². The van der Waals surface area contributed by atoms with E-state index >= 15 is 0 Å². The normalized spacial score (nSPS) is 17.3. The summed E-state index contributed by atoms with van der Waals surface area (Å²) < 4.78 is 0. The Morgan fingerprint density at radius 1 is 0.694 bits per heavy atom. The van der Waals surface area contributed by atoms with E-state index in [-0.39, 0.29) is 30.0 Å². The molecule has 2 aliphatic rings. The summed E-state index contributed by atoms with van der Waals surface area (Å²) in [5, 5.41) is 5.95. The summed E-state index contributed by atoms with van der Waals surface area (Å²) in [4.78, 5) is 64.3. The maximum Gasteiger partial charge on any atom is 0.256 e. The minimum absolute atomic E-state index is 0.0616. The average molecular weight is 657 g/mol. The van der Waals surface area contributed by atoms with Crippen molar-refractivity contribution in [3.63, 3.8) is 0 Å². The molecule has 4 amide bonds. The highest BCUT2D eigenvalue weighted by Crippen LogP contribution is 2.24. The Labute approximate surface area is 286 Å². The third-order valence-corrected chi connectivity index (χ3v) is 9.21. The maximum absolute atomic E-state index is 13.2. The summed E-state index contributed by atoms with van der Waals surface area (Å²) in [7, 11) is 0. The van der Waals surface area contributed by atoms with E-state index in [4.69, 9.17) is 0 Å². The second-order valence-electron chi connectivity index (χ2n) is 12.5. The van der Waals surface area contributed by atoms with Crippen molar-refractivity contribution in [3.05, 3.63) is 119 Å². The number of anilines is 2. The molecule has 0 radical (unpaired) electrons. The van der Waals surface area contributed by atoms with Gasteiger partial charge in [0, 0.05) is 48.2 Å². The molecule has 6 rings (SSSR count). The van der Waals surface area contributed by atoms with Crippen LogP contribution in [0, 0.1) is 13.8 Å². The minimum atomic E-state index is -0.527. The zero-order chi connectivity index (χ0) is 34.3. The molecule has 4 aromatic rings. The first-order valence-electron chi connectivity index (χ1n) is 16.7. The zero-order valence-electron chi connectivity index (χ0n) is 27.8.